The van der Waals surface area contributed by atoms with Crippen LogP contribution in [-0.4, -0.2) is 82.6 Å². The number of phenols is 2. The average molecular weight is 554 g/mol. The number of carbonyl (C=O) groups excluding carboxylic acids is 3. The summed E-state index contributed by atoms with van der Waals surface area (Å²) in [7, 11) is 6.79. The minimum Gasteiger partial charge on any atom is -0.508 e. The number of rotatable bonds is 6. The number of aromatic hydroxyl groups is 2. The van der Waals surface area contributed by atoms with Gasteiger partial charge in [0.25, 0.3) is 5.91 Å². The number of hydrogen-bond donors (Lipinski definition) is 5. The fourth-order valence-electron chi connectivity index (χ4n) is 6.26. The van der Waals surface area contributed by atoms with Gasteiger partial charge in [-0.3, -0.25) is 19.3 Å². The molecule has 0 bridgehead atoms. The molecule has 0 saturated carbocycles. The molecule has 0 spiro atoms. The molecular formula is C30H39N3O7. The van der Waals surface area contributed by atoms with Gasteiger partial charge in [-0.05, 0) is 68.5 Å². The van der Waals surface area contributed by atoms with Crippen molar-refractivity contribution in [2.24, 2.45) is 17.1 Å². The largest absolute Gasteiger partial charge is 0.508 e. The van der Waals surface area contributed by atoms with E-state index in [0.717, 1.165) is 12.8 Å². The van der Waals surface area contributed by atoms with Gasteiger partial charge >= 0.3 is 0 Å². The molecule has 2 aromatic carbocycles. The molecule has 2 aliphatic rings. The van der Waals surface area contributed by atoms with E-state index in [0.29, 0.717) is 28.6 Å². The fraction of sp³-hybridized carbons (Fsp3) is 0.500. The predicted octanol–water partition coefficient (Wildman–Crippen LogP) is 2.58. The smallest absolute Gasteiger partial charge is 0.255 e. The first-order chi connectivity index (χ1) is 18.4. The Balaban J connectivity index is 1.99. The van der Waals surface area contributed by atoms with Crippen LogP contribution in [0.2, 0.25) is 0 Å². The van der Waals surface area contributed by atoms with E-state index in [4.69, 9.17) is 5.73 Å². The van der Waals surface area contributed by atoms with E-state index in [1.165, 1.54) is 4.90 Å². The number of ketones is 2. The van der Waals surface area contributed by atoms with Crippen LogP contribution in [0.1, 0.15) is 55.1 Å². The fourth-order valence-corrected chi connectivity index (χ4v) is 6.26. The maximum Gasteiger partial charge on any atom is 0.255 e. The molecule has 4 rings (SSSR count). The van der Waals surface area contributed by atoms with Gasteiger partial charge in [0.15, 0.2) is 11.4 Å². The molecule has 1 amide bonds. The molecule has 40 heavy (non-hydrogen) atoms. The molecular weight excluding hydrogens is 514 g/mol. The van der Waals surface area contributed by atoms with Crippen LogP contribution >= 0.6 is 0 Å². The molecule has 10 heteroatoms. The molecule has 0 radical (unpaired) electrons. The van der Waals surface area contributed by atoms with Gasteiger partial charge in [0.2, 0.25) is 5.78 Å². The number of hydrogen-bond acceptors (Lipinski definition) is 9. The number of carbonyl (C=O) groups is 3. The van der Waals surface area contributed by atoms with E-state index < -0.39 is 52.1 Å². The molecule has 0 heterocycles. The number of benzene rings is 2. The highest BCUT2D eigenvalue weighted by molar-refractivity contribution is 6.25. The normalized spacial score (nSPS) is 23.0. The zero-order valence-corrected chi connectivity index (χ0v) is 24.1. The number of amides is 1. The Bertz CT molecular complexity index is 1470. The van der Waals surface area contributed by atoms with Crippen LogP contribution in [-0.2, 0) is 22.4 Å². The first-order valence-electron chi connectivity index (χ1n) is 13.4. The van der Waals surface area contributed by atoms with Crippen molar-refractivity contribution >= 4 is 33.9 Å². The van der Waals surface area contributed by atoms with E-state index in [1.807, 2.05) is 25.1 Å². The number of fused-ring (bicyclic) bond motifs is 3. The molecule has 1 unspecified atom stereocenters. The second-order valence-electron chi connectivity index (χ2n) is 12.7. The molecule has 10 nitrogen and oxygen atoms in total. The Hall–Kier alpha value is -3.63. The topological polar surface area (TPSA) is 165 Å². The number of aliphatic hydroxyl groups is 2. The van der Waals surface area contributed by atoms with Crippen LogP contribution in [0.25, 0.3) is 10.8 Å². The van der Waals surface area contributed by atoms with Gasteiger partial charge in [-0.2, -0.15) is 0 Å². The molecule has 0 aromatic heterocycles. The Morgan fingerprint density at radius 3 is 2.23 bits per heavy atom. The summed E-state index contributed by atoms with van der Waals surface area (Å²) in [5.74, 6) is -6.11. The third kappa shape index (κ3) is 4.39. The highest BCUT2D eigenvalue weighted by Crippen LogP contribution is 2.51. The van der Waals surface area contributed by atoms with Crippen molar-refractivity contribution in [2.75, 3.05) is 33.1 Å². The molecule has 2 aliphatic carbocycles. The standard InChI is InChI=1S/C30H39N3O7/c1-29(2,3)10-8-9-14-13-18(32(4)5)16-11-15-12-17-22(33(6)7)25(36)21(28(31)39)27(38)30(17,40)26(37)19(15)24(35)20(16)23(14)34/h11,13,17,22,34-35,38,40H,8-10,12H2,1-7H3,(H2,31,39)/t17?,22-,30-/m0/s1. The number of nitrogens with zero attached hydrogens (tertiary/aromatic N) is 2. The lowest BCUT2D eigenvalue weighted by Crippen LogP contribution is -2.64. The van der Waals surface area contributed by atoms with Crippen molar-refractivity contribution in [3.05, 3.63) is 40.2 Å². The van der Waals surface area contributed by atoms with Crippen molar-refractivity contribution in [1.82, 2.24) is 4.90 Å². The second-order valence-corrected chi connectivity index (χ2v) is 12.7. The SMILES string of the molecule is CN(C)c1cc(CCCC(C)(C)C)c(O)c2c(O)c3c(cc12)CC1[C@H](N(C)C)C(=O)C(C(N)=O)=C(O)[C@@]1(O)C3=O. The summed E-state index contributed by atoms with van der Waals surface area (Å²) in [6.07, 6.45) is 2.15. The number of nitrogens with two attached hydrogens (primary N) is 1. The highest BCUT2D eigenvalue weighted by atomic mass is 16.3. The number of likely N-dealkylation sites (N-methyl/N-ethyl adjacent to an activating group) is 1. The minimum atomic E-state index is -2.68. The highest BCUT2D eigenvalue weighted by Gasteiger charge is 2.62. The van der Waals surface area contributed by atoms with Crippen molar-refractivity contribution in [3.63, 3.8) is 0 Å². The second kappa shape index (κ2) is 9.78. The van der Waals surface area contributed by atoms with Crippen molar-refractivity contribution in [2.45, 2.75) is 58.1 Å². The Morgan fingerprint density at radius 2 is 1.70 bits per heavy atom. The average Bonchev–Trinajstić information content (AvgIpc) is 2.81. The Labute approximate surface area is 233 Å². The predicted molar refractivity (Wildman–Crippen MR) is 152 cm³/mol. The van der Waals surface area contributed by atoms with E-state index in [2.05, 4.69) is 20.8 Å². The van der Waals surface area contributed by atoms with Gasteiger partial charge in [0.1, 0.15) is 22.8 Å². The molecule has 216 valence electrons. The molecule has 0 aliphatic heterocycles. The van der Waals surface area contributed by atoms with Crippen LogP contribution in [0.4, 0.5) is 5.69 Å². The summed E-state index contributed by atoms with van der Waals surface area (Å²) >= 11 is 0. The van der Waals surface area contributed by atoms with Gasteiger partial charge in [-0.15, -0.1) is 0 Å². The lowest BCUT2D eigenvalue weighted by Gasteiger charge is -2.47. The number of anilines is 1. The first kappa shape index (κ1) is 29.4. The minimum absolute atomic E-state index is 0.0562. The third-order valence-electron chi connectivity index (χ3n) is 8.21. The van der Waals surface area contributed by atoms with Crippen LogP contribution in [0.15, 0.2) is 23.5 Å². The zero-order valence-electron chi connectivity index (χ0n) is 24.1. The van der Waals surface area contributed by atoms with Crippen LogP contribution in [0.5, 0.6) is 11.5 Å². The monoisotopic (exact) mass is 553 g/mol. The lowest BCUT2D eigenvalue weighted by molar-refractivity contribution is -0.132. The molecule has 0 fully saturated rings. The molecule has 6 N–H and O–H groups in total. The number of aryl methyl sites for hydroxylation is 1. The number of Topliss-reactive ketones (excluding diaryl/α,β-unsaturated/α-hetero) is 2. The zero-order chi connectivity index (χ0) is 30.1. The lowest BCUT2D eigenvalue weighted by atomic mass is 9.62. The number of primary amides is 1. The summed E-state index contributed by atoms with van der Waals surface area (Å²) in [4.78, 5) is 42.7. The van der Waals surface area contributed by atoms with Crippen molar-refractivity contribution in [3.8, 4) is 11.5 Å². The van der Waals surface area contributed by atoms with E-state index >= 15 is 0 Å². The number of aliphatic hydroxyl groups excluding tert-OH is 1. The summed E-state index contributed by atoms with van der Waals surface area (Å²) in [6, 6.07) is 2.40. The quantitative estimate of drug-likeness (QED) is 0.338. The van der Waals surface area contributed by atoms with Crippen molar-refractivity contribution in [1.29, 1.82) is 0 Å². The number of phenolic OH excluding ortho intramolecular Hbond substituents is 2. The van der Waals surface area contributed by atoms with Crippen LogP contribution in [0, 0.1) is 11.3 Å². The molecule has 2 aromatic rings. The summed E-state index contributed by atoms with van der Waals surface area (Å²) in [5, 5.41) is 46.2. The summed E-state index contributed by atoms with van der Waals surface area (Å²) < 4.78 is 0. The van der Waals surface area contributed by atoms with Gasteiger partial charge in [0, 0.05) is 31.1 Å². The summed E-state index contributed by atoms with van der Waals surface area (Å²) in [6.45, 7) is 6.40. The maximum absolute atomic E-state index is 14.0. The van der Waals surface area contributed by atoms with Gasteiger partial charge in [-0.1, -0.05) is 20.8 Å². The molecule has 0 saturated heterocycles. The molecule has 3 atom stereocenters. The van der Waals surface area contributed by atoms with E-state index in [9.17, 15) is 34.8 Å². The first-order valence-corrected chi connectivity index (χ1v) is 13.4. The van der Waals surface area contributed by atoms with Crippen molar-refractivity contribution < 1.29 is 34.8 Å². The Morgan fingerprint density at radius 1 is 1.07 bits per heavy atom. The van der Waals surface area contributed by atoms with E-state index in [-0.39, 0.29) is 28.5 Å². The van der Waals surface area contributed by atoms with Crippen LogP contribution < -0.4 is 10.6 Å². The maximum atomic E-state index is 14.0. The van der Waals surface area contributed by atoms with Crippen LogP contribution in [0.3, 0.4) is 0 Å². The van der Waals surface area contributed by atoms with Gasteiger partial charge in [0.05, 0.1) is 17.0 Å². The van der Waals surface area contributed by atoms with Gasteiger partial charge < -0.3 is 31.1 Å². The van der Waals surface area contributed by atoms with E-state index in [1.54, 1.807) is 20.2 Å². The Kier molecular flexibility index (Phi) is 7.18. The summed E-state index contributed by atoms with van der Waals surface area (Å²) in [5.41, 5.74) is 3.34. The third-order valence-corrected chi connectivity index (χ3v) is 8.21. The van der Waals surface area contributed by atoms with Gasteiger partial charge in [-0.25, -0.2) is 0 Å².